The zero-order valence-corrected chi connectivity index (χ0v) is 14.9. The molecule has 27 heavy (non-hydrogen) atoms. The molecule has 0 aliphatic carbocycles. The highest BCUT2D eigenvalue weighted by molar-refractivity contribution is 7.10. The lowest BCUT2D eigenvalue weighted by molar-refractivity contribution is 0.0734. The maximum Gasteiger partial charge on any atom is 0.343 e. The van der Waals surface area contributed by atoms with Crippen LogP contribution in [0.2, 0.25) is 0 Å². The normalized spacial score (nSPS) is 12.3. The molecule has 1 aliphatic rings. The van der Waals surface area contributed by atoms with Crippen LogP contribution in [0.3, 0.4) is 0 Å². The second kappa shape index (κ2) is 7.47. The lowest BCUT2D eigenvalue weighted by Crippen LogP contribution is -2.08. The number of esters is 1. The van der Waals surface area contributed by atoms with Crippen molar-refractivity contribution in [3.8, 4) is 17.2 Å². The summed E-state index contributed by atoms with van der Waals surface area (Å²) in [5, 5.41) is 1.95. The molecule has 5 nitrogen and oxygen atoms in total. The molecule has 1 aromatic heterocycles. The smallest absolute Gasteiger partial charge is 0.343 e. The van der Waals surface area contributed by atoms with Gasteiger partial charge in [0, 0.05) is 10.4 Å². The molecule has 6 heteroatoms. The molecule has 2 aromatic carbocycles. The average Bonchev–Trinajstić information content (AvgIpc) is 3.37. The molecule has 0 N–H and O–H groups in total. The van der Waals surface area contributed by atoms with E-state index in [0.29, 0.717) is 28.4 Å². The lowest BCUT2D eigenvalue weighted by Gasteiger charge is -2.05. The van der Waals surface area contributed by atoms with Crippen LogP contribution in [-0.4, -0.2) is 18.5 Å². The Morgan fingerprint density at radius 1 is 0.963 bits per heavy atom. The van der Waals surface area contributed by atoms with Crippen molar-refractivity contribution in [3.63, 3.8) is 0 Å². The SMILES string of the molecule is O=C(C=Cc1cccs1)c1ccc(OC(=O)c2ccc3c(c2)OCO3)cc1. The van der Waals surface area contributed by atoms with Gasteiger partial charge in [0.25, 0.3) is 0 Å². The molecule has 0 saturated carbocycles. The number of hydrogen-bond donors (Lipinski definition) is 0. The van der Waals surface area contributed by atoms with E-state index < -0.39 is 5.97 Å². The summed E-state index contributed by atoms with van der Waals surface area (Å²) in [6.45, 7) is 0.143. The Bertz CT molecular complexity index is 1000. The Hall–Kier alpha value is -3.38. The van der Waals surface area contributed by atoms with Gasteiger partial charge in [-0.2, -0.15) is 0 Å². The van der Waals surface area contributed by atoms with Gasteiger partial charge in [0.05, 0.1) is 5.56 Å². The fourth-order valence-corrected chi connectivity index (χ4v) is 3.13. The Labute approximate surface area is 159 Å². The molecule has 3 aromatic rings. The molecule has 0 saturated heterocycles. The predicted octanol–water partition coefficient (Wildman–Crippen LogP) is 4.59. The van der Waals surface area contributed by atoms with Crippen molar-refractivity contribution >= 4 is 29.2 Å². The van der Waals surface area contributed by atoms with Gasteiger partial charge < -0.3 is 14.2 Å². The first-order chi connectivity index (χ1) is 13.2. The van der Waals surface area contributed by atoms with Gasteiger partial charge in [0.2, 0.25) is 6.79 Å². The van der Waals surface area contributed by atoms with Gasteiger partial charge in [0.15, 0.2) is 17.3 Å². The average molecular weight is 378 g/mol. The highest BCUT2D eigenvalue weighted by Gasteiger charge is 2.17. The molecular formula is C21H14O5S. The Morgan fingerprint density at radius 2 is 1.74 bits per heavy atom. The standard InChI is InChI=1S/C21H14O5S/c22-18(9-8-17-2-1-11-27-17)14-3-6-16(7-4-14)26-21(23)15-5-10-19-20(12-15)25-13-24-19/h1-12H,13H2. The first-order valence-corrected chi connectivity index (χ1v) is 9.05. The van der Waals surface area contributed by atoms with Crippen LogP contribution >= 0.6 is 11.3 Å². The van der Waals surface area contributed by atoms with Gasteiger partial charge in [-0.1, -0.05) is 6.07 Å². The van der Waals surface area contributed by atoms with Crippen molar-refractivity contribution in [3.05, 3.63) is 82.1 Å². The van der Waals surface area contributed by atoms with Crippen molar-refractivity contribution in [1.82, 2.24) is 0 Å². The molecule has 0 amide bonds. The number of benzene rings is 2. The summed E-state index contributed by atoms with van der Waals surface area (Å²) in [6.07, 6.45) is 3.31. The van der Waals surface area contributed by atoms with Crippen molar-refractivity contribution in [2.45, 2.75) is 0 Å². The fourth-order valence-electron chi connectivity index (χ4n) is 2.52. The van der Waals surface area contributed by atoms with Crippen LogP contribution in [0.25, 0.3) is 6.08 Å². The van der Waals surface area contributed by atoms with Crippen LogP contribution in [0.1, 0.15) is 25.6 Å². The largest absolute Gasteiger partial charge is 0.454 e. The van der Waals surface area contributed by atoms with E-state index in [1.807, 2.05) is 17.5 Å². The van der Waals surface area contributed by atoms with Crippen LogP contribution in [0.4, 0.5) is 0 Å². The molecule has 134 valence electrons. The summed E-state index contributed by atoms with van der Waals surface area (Å²) in [6, 6.07) is 15.2. The minimum atomic E-state index is -0.509. The van der Waals surface area contributed by atoms with E-state index in [1.165, 1.54) is 6.08 Å². The number of allylic oxidation sites excluding steroid dienone is 1. The van der Waals surface area contributed by atoms with E-state index in [0.717, 1.165) is 4.88 Å². The number of fused-ring (bicyclic) bond motifs is 1. The van der Waals surface area contributed by atoms with Crippen LogP contribution < -0.4 is 14.2 Å². The van der Waals surface area contributed by atoms with E-state index in [-0.39, 0.29) is 12.6 Å². The highest BCUT2D eigenvalue weighted by atomic mass is 32.1. The van der Waals surface area contributed by atoms with E-state index in [4.69, 9.17) is 14.2 Å². The second-order valence-electron chi connectivity index (χ2n) is 5.69. The molecule has 0 radical (unpaired) electrons. The second-order valence-corrected chi connectivity index (χ2v) is 6.67. The molecule has 4 rings (SSSR count). The zero-order chi connectivity index (χ0) is 18.6. The minimum Gasteiger partial charge on any atom is -0.454 e. The zero-order valence-electron chi connectivity index (χ0n) is 14.1. The van der Waals surface area contributed by atoms with Gasteiger partial charge in [-0.3, -0.25) is 4.79 Å². The Balaban J connectivity index is 1.41. The monoisotopic (exact) mass is 378 g/mol. The Kier molecular flexibility index (Phi) is 4.72. The molecule has 0 spiro atoms. The molecule has 0 bridgehead atoms. The molecule has 0 unspecified atom stereocenters. The van der Waals surface area contributed by atoms with Gasteiger partial charge in [0.1, 0.15) is 5.75 Å². The van der Waals surface area contributed by atoms with Crippen LogP contribution in [0.15, 0.2) is 66.1 Å². The van der Waals surface area contributed by atoms with E-state index in [2.05, 4.69) is 0 Å². The Morgan fingerprint density at radius 3 is 2.52 bits per heavy atom. The molecular weight excluding hydrogens is 364 g/mol. The quantitative estimate of drug-likeness (QED) is 0.281. The van der Waals surface area contributed by atoms with Gasteiger partial charge in [-0.25, -0.2) is 4.79 Å². The molecule has 1 aliphatic heterocycles. The summed E-state index contributed by atoms with van der Waals surface area (Å²) in [5.41, 5.74) is 0.879. The molecule has 0 atom stereocenters. The highest BCUT2D eigenvalue weighted by Crippen LogP contribution is 2.32. The van der Waals surface area contributed by atoms with E-state index in [1.54, 1.807) is 59.9 Å². The van der Waals surface area contributed by atoms with Gasteiger partial charge in [-0.05, 0) is 66.1 Å². The summed E-state index contributed by atoms with van der Waals surface area (Å²) in [7, 11) is 0. The van der Waals surface area contributed by atoms with Crippen LogP contribution in [0, 0.1) is 0 Å². The summed E-state index contributed by atoms with van der Waals surface area (Å²) >= 11 is 1.56. The number of rotatable bonds is 5. The number of ketones is 1. The third kappa shape index (κ3) is 3.91. The third-order valence-electron chi connectivity index (χ3n) is 3.90. The number of carbonyl (C=O) groups is 2. The summed E-state index contributed by atoms with van der Waals surface area (Å²) < 4.78 is 15.8. The number of hydrogen-bond acceptors (Lipinski definition) is 6. The van der Waals surface area contributed by atoms with Crippen LogP contribution in [-0.2, 0) is 0 Å². The summed E-state index contributed by atoms with van der Waals surface area (Å²) in [5.74, 6) is 0.853. The number of carbonyl (C=O) groups excluding carboxylic acids is 2. The number of ether oxygens (including phenoxy) is 3. The molecule has 2 heterocycles. The van der Waals surface area contributed by atoms with Crippen molar-refractivity contribution in [2.75, 3.05) is 6.79 Å². The van der Waals surface area contributed by atoms with Crippen molar-refractivity contribution in [1.29, 1.82) is 0 Å². The van der Waals surface area contributed by atoms with E-state index >= 15 is 0 Å². The predicted molar refractivity (Wildman–Crippen MR) is 102 cm³/mol. The number of thiophene rings is 1. The van der Waals surface area contributed by atoms with Gasteiger partial charge >= 0.3 is 5.97 Å². The van der Waals surface area contributed by atoms with Crippen molar-refractivity contribution < 1.29 is 23.8 Å². The third-order valence-corrected chi connectivity index (χ3v) is 4.74. The lowest BCUT2D eigenvalue weighted by atomic mass is 10.1. The maximum atomic E-state index is 12.3. The minimum absolute atomic E-state index is 0.114. The fraction of sp³-hybridized carbons (Fsp3) is 0.0476. The molecule has 0 fully saturated rings. The topological polar surface area (TPSA) is 61.8 Å². The first kappa shape index (κ1) is 17.1. The maximum absolute atomic E-state index is 12.3. The first-order valence-electron chi connectivity index (χ1n) is 8.17. The van der Waals surface area contributed by atoms with E-state index in [9.17, 15) is 9.59 Å². The summed E-state index contributed by atoms with van der Waals surface area (Å²) in [4.78, 5) is 25.5. The van der Waals surface area contributed by atoms with Crippen LogP contribution in [0.5, 0.6) is 17.2 Å². The van der Waals surface area contributed by atoms with Gasteiger partial charge in [-0.15, -0.1) is 11.3 Å². The van der Waals surface area contributed by atoms with Crippen molar-refractivity contribution in [2.24, 2.45) is 0 Å².